The van der Waals surface area contributed by atoms with Crippen molar-refractivity contribution in [2.45, 2.75) is 19.8 Å². The number of hydrogen-bond donors (Lipinski definition) is 2. The van der Waals surface area contributed by atoms with Crippen molar-refractivity contribution < 1.29 is 9.53 Å². The smallest absolute Gasteiger partial charge is 0.253 e. The second-order valence-electron chi connectivity index (χ2n) is 5.31. The highest BCUT2D eigenvalue weighted by Gasteiger charge is 2.28. The number of carbonyl (C=O) groups excluding carboxylic acids is 1. The Bertz CT molecular complexity index is 471. The van der Waals surface area contributed by atoms with Crippen molar-refractivity contribution in [3.63, 3.8) is 0 Å². The molecular weight excluding hydrogens is 264 g/mol. The summed E-state index contributed by atoms with van der Waals surface area (Å²) in [6, 6.07) is 5.08. The molecule has 0 aliphatic carbocycles. The number of amides is 1. The monoisotopic (exact) mass is 282 g/mol. The van der Waals surface area contributed by atoms with E-state index in [0.29, 0.717) is 22.8 Å². The van der Waals surface area contributed by atoms with Crippen LogP contribution in [0, 0.1) is 5.41 Å². The Morgan fingerprint density at radius 2 is 2.16 bits per heavy atom. The molecule has 5 heteroatoms. The van der Waals surface area contributed by atoms with E-state index in [4.69, 9.17) is 22.1 Å². The molecule has 2 rings (SSSR count). The topological polar surface area (TPSA) is 64.4 Å². The van der Waals surface area contributed by atoms with Crippen molar-refractivity contribution in [1.29, 1.82) is 0 Å². The number of para-hydroxylation sites is 1. The number of halogens is 1. The van der Waals surface area contributed by atoms with Crippen LogP contribution >= 0.6 is 11.6 Å². The second-order valence-corrected chi connectivity index (χ2v) is 5.71. The Hall–Kier alpha value is -1.26. The van der Waals surface area contributed by atoms with Crippen LogP contribution < -0.4 is 11.1 Å². The van der Waals surface area contributed by atoms with E-state index >= 15 is 0 Å². The fourth-order valence-electron chi connectivity index (χ4n) is 2.16. The molecule has 1 aromatic carbocycles. The molecule has 0 atom stereocenters. The van der Waals surface area contributed by atoms with E-state index in [-0.39, 0.29) is 11.3 Å². The number of nitrogens with one attached hydrogen (secondary N) is 1. The molecular formula is C14H19ClN2O2. The Morgan fingerprint density at radius 3 is 2.84 bits per heavy atom. The number of carbonyl (C=O) groups is 1. The number of nitrogens with two attached hydrogens (primary N) is 1. The lowest BCUT2D eigenvalue weighted by Gasteiger charge is -2.33. The molecule has 0 unspecified atom stereocenters. The van der Waals surface area contributed by atoms with E-state index in [1.807, 2.05) is 0 Å². The van der Waals surface area contributed by atoms with E-state index in [9.17, 15) is 4.79 Å². The SMILES string of the molecule is CC1(CNC(=O)c2cccc(Cl)c2N)CCOCC1. The molecule has 0 spiro atoms. The molecule has 1 saturated heterocycles. The highest BCUT2D eigenvalue weighted by molar-refractivity contribution is 6.33. The number of rotatable bonds is 3. The number of hydrogen-bond acceptors (Lipinski definition) is 3. The lowest BCUT2D eigenvalue weighted by Crippen LogP contribution is -2.39. The Kier molecular flexibility index (Phi) is 4.32. The van der Waals surface area contributed by atoms with Gasteiger partial charge in [-0.15, -0.1) is 0 Å². The van der Waals surface area contributed by atoms with Gasteiger partial charge in [-0.1, -0.05) is 24.6 Å². The van der Waals surface area contributed by atoms with Crippen LogP contribution in [0.5, 0.6) is 0 Å². The van der Waals surface area contributed by atoms with Gasteiger partial charge in [-0.05, 0) is 30.4 Å². The minimum absolute atomic E-state index is 0.0985. The third-order valence-corrected chi connectivity index (χ3v) is 4.00. The number of nitrogen functional groups attached to an aromatic ring is 1. The van der Waals surface area contributed by atoms with Crippen LogP contribution in [-0.2, 0) is 4.74 Å². The molecule has 1 fully saturated rings. The molecule has 1 aromatic rings. The maximum atomic E-state index is 12.1. The van der Waals surface area contributed by atoms with Crippen molar-refractivity contribution in [2.24, 2.45) is 5.41 Å². The van der Waals surface area contributed by atoms with E-state index in [0.717, 1.165) is 26.1 Å². The molecule has 0 bridgehead atoms. The van der Waals surface area contributed by atoms with Crippen molar-refractivity contribution in [1.82, 2.24) is 5.32 Å². The van der Waals surface area contributed by atoms with Crippen LogP contribution in [0.2, 0.25) is 5.02 Å². The highest BCUT2D eigenvalue weighted by Crippen LogP contribution is 2.29. The van der Waals surface area contributed by atoms with Crippen molar-refractivity contribution >= 4 is 23.2 Å². The molecule has 3 N–H and O–H groups in total. The van der Waals surface area contributed by atoms with Crippen LogP contribution in [-0.4, -0.2) is 25.7 Å². The lowest BCUT2D eigenvalue weighted by atomic mass is 9.82. The van der Waals surface area contributed by atoms with Gasteiger partial charge in [0.05, 0.1) is 16.3 Å². The van der Waals surface area contributed by atoms with Gasteiger partial charge in [0, 0.05) is 19.8 Å². The Morgan fingerprint density at radius 1 is 1.47 bits per heavy atom. The van der Waals surface area contributed by atoms with Gasteiger partial charge in [0.25, 0.3) is 5.91 Å². The molecule has 4 nitrogen and oxygen atoms in total. The predicted molar refractivity (Wildman–Crippen MR) is 76.4 cm³/mol. The standard InChI is InChI=1S/C14H19ClN2O2/c1-14(5-7-19-8-6-14)9-17-13(18)10-3-2-4-11(15)12(10)16/h2-4H,5-9,16H2,1H3,(H,17,18). The first-order valence-electron chi connectivity index (χ1n) is 6.42. The summed E-state index contributed by atoms with van der Waals surface area (Å²) in [7, 11) is 0. The zero-order valence-corrected chi connectivity index (χ0v) is 11.8. The maximum Gasteiger partial charge on any atom is 0.253 e. The van der Waals surface area contributed by atoms with E-state index in [1.165, 1.54) is 0 Å². The zero-order chi connectivity index (χ0) is 13.9. The summed E-state index contributed by atoms with van der Waals surface area (Å²) in [6.07, 6.45) is 1.91. The third-order valence-electron chi connectivity index (χ3n) is 3.67. The number of anilines is 1. The summed E-state index contributed by atoms with van der Waals surface area (Å²) in [5, 5.41) is 3.35. The molecule has 1 amide bonds. The molecule has 1 aliphatic rings. The molecule has 0 aromatic heterocycles. The largest absolute Gasteiger partial charge is 0.397 e. The lowest BCUT2D eigenvalue weighted by molar-refractivity contribution is 0.0238. The summed E-state index contributed by atoms with van der Waals surface area (Å²) >= 11 is 5.91. The van der Waals surface area contributed by atoms with Crippen LogP contribution in [0.1, 0.15) is 30.1 Å². The Labute approximate surface area is 118 Å². The van der Waals surface area contributed by atoms with Crippen molar-refractivity contribution in [3.8, 4) is 0 Å². The van der Waals surface area contributed by atoms with E-state index in [2.05, 4.69) is 12.2 Å². The van der Waals surface area contributed by atoms with Gasteiger partial charge in [-0.3, -0.25) is 4.79 Å². The molecule has 0 saturated carbocycles. The van der Waals surface area contributed by atoms with Crippen molar-refractivity contribution in [3.05, 3.63) is 28.8 Å². The van der Waals surface area contributed by atoms with Gasteiger partial charge in [-0.2, -0.15) is 0 Å². The fraction of sp³-hybridized carbons (Fsp3) is 0.500. The van der Waals surface area contributed by atoms with Crippen LogP contribution in [0.4, 0.5) is 5.69 Å². The molecule has 1 heterocycles. The third kappa shape index (κ3) is 3.39. The first-order chi connectivity index (χ1) is 9.02. The molecule has 1 aliphatic heterocycles. The minimum atomic E-state index is -0.173. The van der Waals surface area contributed by atoms with Gasteiger partial charge in [-0.25, -0.2) is 0 Å². The first-order valence-corrected chi connectivity index (χ1v) is 6.80. The summed E-state index contributed by atoms with van der Waals surface area (Å²) in [6.45, 7) is 4.30. The van der Waals surface area contributed by atoms with Crippen LogP contribution in [0.25, 0.3) is 0 Å². The zero-order valence-electron chi connectivity index (χ0n) is 11.0. The Balaban J connectivity index is 1.99. The quantitative estimate of drug-likeness (QED) is 0.837. The number of ether oxygens (including phenoxy) is 1. The van der Waals surface area contributed by atoms with Gasteiger partial charge in [0.15, 0.2) is 0 Å². The van der Waals surface area contributed by atoms with Gasteiger partial charge >= 0.3 is 0 Å². The average Bonchev–Trinajstić information content (AvgIpc) is 2.40. The molecule has 19 heavy (non-hydrogen) atoms. The van der Waals surface area contributed by atoms with E-state index < -0.39 is 0 Å². The maximum absolute atomic E-state index is 12.1. The van der Waals surface area contributed by atoms with Gasteiger partial charge in [0.1, 0.15) is 0 Å². The predicted octanol–water partition coefficient (Wildman–Crippen LogP) is 2.47. The van der Waals surface area contributed by atoms with Gasteiger partial charge < -0.3 is 15.8 Å². The van der Waals surface area contributed by atoms with Gasteiger partial charge in [0.2, 0.25) is 0 Å². The average molecular weight is 283 g/mol. The van der Waals surface area contributed by atoms with Crippen LogP contribution in [0.3, 0.4) is 0 Å². The first kappa shape index (κ1) is 14.2. The fourth-order valence-corrected chi connectivity index (χ4v) is 2.34. The summed E-state index contributed by atoms with van der Waals surface area (Å²) in [4.78, 5) is 12.1. The van der Waals surface area contributed by atoms with Crippen molar-refractivity contribution in [2.75, 3.05) is 25.5 Å². The van der Waals surface area contributed by atoms with Crippen LogP contribution in [0.15, 0.2) is 18.2 Å². The summed E-state index contributed by atoms with van der Waals surface area (Å²) < 4.78 is 5.34. The summed E-state index contributed by atoms with van der Waals surface area (Å²) in [5.74, 6) is -0.173. The molecule has 104 valence electrons. The second kappa shape index (κ2) is 5.80. The number of benzene rings is 1. The normalized spacial score (nSPS) is 18.0. The highest BCUT2D eigenvalue weighted by atomic mass is 35.5. The summed E-state index contributed by atoms with van der Waals surface area (Å²) in [5.41, 5.74) is 6.68. The minimum Gasteiger partial charge on any atom is -0.397 e. The molecule has 0 radical (unpaired) electrons. The van der Waals surface area contributed by atoms with E-state index in [1.54, 1.807) is 18.2 Å².